The number of esters is 1. The summed E-state index contributed by atoms with van der Waals surface area (Å²) in [6, 6.07) is 24.9. The van der Waals surface area contributed by atoms with E-state index in [1.165, 1.54) is 11.8 Å². The van der Waals surface area contributed by atoms with E-state index in [2.05, 4.69) is 15.6 Å². The third kappa shape index (κ3) is 5.65. The molecule has 200 valence electrons. The summed E-state index contributed by atoms with van der Waals surface area (Å²) in [6.45, 7) is 4.99. The molecule has 0 amide bonds. The van der Waals surface area contributed by atoms with Gasteiger partial charge in [-0.1, -0.05) is 42.1 Å². The zero-order chi connectivity index (χ0) is 28.1. The summed E-state index contributed by atoms with van der Waals surface area (Å²) in [6.07, 6.45) is 3.90. The molecule has 0 radical (unpaired) electrons. The lowest BCUT2D eigenvalue weighted by Gasteiger charge is -2.05. The molecule has 8 heteroatoms. The van der Waals surface area contributed by atoms with Crippen LogP contribution in [0.5, 0.6) is 5.75 Å². The average Bonchev–Trinajstić information content (AvgIpc) is 3.47. The summed E-state index contributed by atoms with van der Waals surface area (Å²) >= 11 is 1.23. The fraction of sp³-hybridized carbons (Fsp3) is 0.156. The van der Waals surface area contributed by atoms with Crippen LogP contribution in [0.15, 0.2) is 100 Å². The molecular formula is C32H27N3O4S. The van der Waals surface area contributed by atoms with E-state index in [1.54, 1.807) is 19.1 Å². The van der Waals surface area contributed by atoms with Crippen molar-refractivity contribution < 1.29 is 19.4 Å². The molecule has 1 aliphatic heterocycles. The molecule has 0 fully saturated rings. The SMILES string of the molecule is CCOC(=O)C1=C(O)/C(=C/c2cn(Cc3ccc(C#N)cc3)c3ccccc23)SC1=Nc1ccc(OCC)cc1. The maximum atomic E-state index is 12.9. The highest BCUT2D eigenvalue weighted by Crippen LogP contribution is 2.41. The van der Waals surface area contributed by atoms with Gasteiger partial charge in [-0.3, -0.25) is 0 Å². The number of fused-ring (bicyclic) bond motifs is 1. The van der Waals surface area contributed by atoms with Gasteiger partial charge in [-0.25, -0.2) is 9.79 Å². The van der Waals surface area contributed by atoms with Gasteiger partial charge in [-0.2, -0.15) is 5.26 Å². The molecular weight excluding hydrogens is 522 g/mol. The molecule has 0 aliphatic carbocycles. The lowest BCUT2D eigenvalue weighted by molar-refractivity contribution is -0.138. The molecule has 3 aromatic carbocycles. The van der Waals surface area contributed by atoms with Crippen LogP contribution in [-0.2, 0) is 16.1 Å². The Labute approximate surface area is 236 Å². The molecule has 7 nitrogen and oxygen atoms in total. The van der Waals surface area contributed by atoms with Crippen molar-refractivity contribution in [1.29, 1.82) is 5.26 Å². The number of aliphatic imine (C=N–C) groups is 1. The van der Waals surface area contributed by atoms with Crippen molar-refractivity contribution in [2.24, 2.45) is 4.99 Å². The number of ether oxygens (including phenoxy) is 2. The molecule has 0 saturated heterocycles. The van der Waals surface area contributed by atoms with Gasteiger partial charge in [0.1, 0.15) is 22.1 Å². The smallest absolute Gasteiger partial charge is 0.344 e. The molecule has 0 unspecified atom stereocenters. The normalized spacial score (nSPS) is 15.1. The molecule has 1 aromatic heterocycles. The fourth-order valence-corrected chi connectivity index (χ4v) is 5.46. The molecule has 5 rings (SSSR count). The summed E-state index contributed by atoms with van der Waals surface area (Å²) in [5.74, 6) is -0.0478. The van der Waals surface area contributed by atoms with E-state index >= 15 is 0 Å². The highest BCUT2D eigenvalue weighted by molar-refractivity contribution is 8.18. The first-order valence-electron chi connectivity index (χ1n) is 12.9. The number of aromatic nitrogens is 1. The minimum absolute atomic E-state index is 0.0494. The van der Waals surface area contributed by atoms with Gasteiger partial charge in [-0.05, 0) is 68.0 Å². The predicted molar refractivity (Wildman–Crippen MR) is 159 cm³/mol. The molecule has 0 bridgehead atoms. The number of aliphatic hydroxyl groups is 1. The highest BCUT2D eigenvalue weighted by Gasteiger charge is 2.33. The summed E-state index contributed by atoms with van der Waals surface area (Å²) in [5, 5.41) is 21.7. The van der Waals surface area contributed by atoms with Gasteiger partial charge in [0.2, 0.25) is 0 Å². The number of nitriles is 1. The molecule has 0 spiro atoms. The van der Waals surface area contributed by atoms with E-state index in [1.807, 2.05) is 79.9 Å². The van der Waals surface area contributed by atoms with Crippen LogP contribution in [0.3, 0.4) is 0 Å². The van der Waals surface area contributed by atoms with Crippen LogP contribution in [0.1, 0.15) is 30.5 Å². The lowest BCUT2D eigenvalue weighted by Crippen LogP contribution is -2.12. The van der Waals surface area contributed by atoms with Crippen molar-refractivity contribution in [2.75, 3.05) is 13.2 Å². The number of rotatable bonds is 8. The Bertz CT molecular complexity index is 1690. The van der Waals surface area contributed by atoms with Crippen LogP contribution in [0, 0.1) is 11.3 Å². The Hall–Kier alpha value is -4.74. The van der Waals surface area contributed by atoms with Gasteiger partial charge in [0, 0.05) is 29.2 Å². The first kappa shape index (κ1) is 26.9. The van der Waals surface area contributed by atoms with Crippen LogP contribution >= 0.6 is 11.8 Å². The number of hydrogen-bond donors (Lipinski definition) is 1. The van der Waals surface area contributed by atoms with Crippen LogP contribution in [0.25, 0.3) is 17.0 Å². The van der Waals surface area contributed by atoms with Crippen LogP contribution < -0.4 is 4.74 Å². The van der Waals surface area contributed by atoms with Crippen LogP contribution in [-0.4, -0.2) is 33.9 Å². The summed E-state index contributed by atoms with van der Waals surface area (Å²) in [5.41, 5.74) is 4.27. The highest BCUT2D eigenvalue weighted by atomic mass is 32.2. The quantitative estimate of drug-likeness (QED) is 0.234. The number of hydrogen-bond acceptors (Lipinski definition) is 7. The van der Waals surface area contributed by atoms with Crippen LogP contribution in [0.2, 0.25) is 0 Å². The molecule has 0 saturated carbocycles. The van der Waals surface area contributed by atoms with Crippen molar-refractivity contribution in [1.82, 2.24) is 4.57 Å². The molecule has 0 atom stereocenters. The fourth-order valence-electron chi connectivity index (χ4n) is 4.44. The molecule has 1 aliphatic rings. The van der Waals surface area contributed by atoms with Crippen molar-refractivity contribution in [2.45, 2.75) is 20.4 Å². The summed E-state index contributed by atoms with van der Waals surface area (Å²) < 4.78 is 12.9. The number of para-hydroxylation sites is 1. The van der Waals surface area contributed by atoms with E-state index in [-0.39, 0.29) is 17.9 Å². The van der Waals surface area contributed by atoms with Crippen molar-refractivity contribution >= 4 is 45.4 Å². The maximum Gasteiger partial charge on any atom is 0.344 e. The summed E-state index contributed by atoms with van der Waals surface area (Å²) in [4.78, 5) is 18.0. The van der Waals surface area contributed by atoms with E-state index in [9.17, 15) is 9.90 Å². The van der Waals surface area contributed by atoms with E-state index < -0.39 is 5.97 Å². The first-order valence-corrected chi connectivity index (χ1v) is 13.7. The Balaban J connectivity index is 1.52. The minimum Gasteiger partial charge on any atom is -0.506 e. The summed E-state index contributed by atoms with van der Waals surface area (Å²) in [7, 11) is 0. The van der Waals surface area contributed by atoms with Gasteiger partial charge in [-0.15, -0.1) is 0 Å². The predicted octanol–water partition coefficient (Wildman–Crippen LogP) is 7.15. The average molecular weight is 550 g/mol. The first-order chi connectivity index (χ1) is 19.5. The zero-order valence-electron chi connectivity index (χ0n) is 22.1. The molecule has 4 aromatic rings. The van der Waals surface area contributed by atoms with Crippen LogP contribution in [0.4, 0.5) is 5.69 Å². The molecule has 1 N–H and O–H groups in total. The molecule has 40 heavy (non-hydrogen) atoms. The van der Waals surface area contributed by atoms with Gasteiger partial charge in [0.15, 0.2) is 0 Å². The molecule has 2 heterocycles. The zero-order valence-corrected chi connectivity index (χ0v) is 22.9. The van der Waals surface area contributed by atoms with E-state index in [4.69, 9.17) is 14.7 Å². The number of benzene rings is 3. The number of aliphatic hydroxyl groups excluding tert-OH is 1. The maximum absolute atomic E-state index is 12.9. The van der Waals surface area contributed by atoms with Gasteiger partial charge < -0.3 is 19.1 Å². The number of carbonyl (C=O) groups excluding carboxylic acids is 1. The standard InChI is InChI=1S/C32H27N3O4S/c1-3-38-25-15-13-24(14-16-25)34-31-29(32(37)39-4-2)30(36)28(40-31)17-23-20-35(27-8-6-5-7-26(23)27)19-22-11-9-21(18-33)10-12-22/h5-17,20,36H,3-4,19H2,1-2H3/b28-17-,34-31?. The van der Waals surface area contributed by atoms with Gasteiger partial charge in [0.05, 0.1) is 35.4 Å². The Morgan fingerprint density at radius 3 is 2.50 bits per heavy atom. The largest absolute Gasteiger partial charge is 0.506 e. The second kappa shape index (κ2) is 12.0. The Morgan fingerprint density at radius 2 is 1.80 bits per heavy atom. The monoisotopic (exact) mass is 549 g/mol. The third-order valence-electron chi connectivity index (χ3n) is 6.29. The van der Waals surface area contributed by atoms with Gasteiger partial charge in [0.25, 0.3) is 0 Å². The third-order valence-corrected chi connectivity index (χ3v) is 7.31. The lowest BCUT2D eigenvalue weighted by atomic mass is 10.1. The van der Waals surface area contributed by atoms with E-state index in [0.717, 1.165) is 27.8 Å². The number of carbonyl (C=O) groups is 1. The Kier molecular flexibility index (Phi) is 8.04. The van der Waals surface area contributed by atoms with Crippen molar-refractivity contribution in [3.8, 4) is 11.8 Å². The van der Waals surface area contributed by atoms with E-state index in [0.29, 0.717) is 34.4 Å². The van der Waals surface area contributed by atoms with Gasteiger partial charge >= 0.3 is 5.97 Å². The number of nitrogens with zero attached hydrogens (tertiary/aromatic N) is 3. The minimum atomic E-state index is -0.621. The second-order valence-corrected chi connectivity index (χ2v) is 9.97. The second-order valence-electron chi connectivity index (χ2n) is 8.94. The van der Waals surface area contributed by atoms with Crippen molar-refractivity contribution in [3.05, 3.63) is 112 Å². The number of thioether (sulfide) groups is 1. The topological polar surface area (TPSA) is 96.8 Å². The van der Waals surface area contributed by atoms with Crippen molar-refractivity contribution in [3.63, 3.8) is 0 Å². The Morgan fingerprint density at radius 1 is 1.05 bits per heavy atom.